The summed E-state index contributed by atoms with van der Waals surface area (Å²) in [5, 5.41) is 18.8. The fourth-order valence-corrected chi connectivity index (χ4v) is 3.49. The Hall–Kier alpha value is -1.51. The summed E-state index contributed by atoms with van der Waals surface area (Å²) >= 11 is 7.61. The molecule has 0 aliphatic carbocycles. The molecule has 6 heteroatoms. The van der Waals surface area contributed by atoms with E-state index in [0.29, 0.717) is 10.6 Å². The summed E-state index contributed by atoms with van der Waals surface area (Å²) in [6, 6.07) is 7.51. The molecule has 2 aromatic rings. The van der Waals surface area contributed by atoms with Crippen molar-refractivity contribution in [2.45, 2.75) is 42.3 Å². The summed E-state index contributed by atoms with van der Waals surface area (Å²) in [5.74, 6) is 1.07. The molecule has 4 nitrogen and oxygen atoms in total. The Bertz CT molecular complexity index is 674. The quantitative estimate of drug-likeness (QED) is 0.849. The predicted molar refractivity (Wildman–Crippen MR) is 77.9 cm³/mol. The highest BCUT2D eigenvalue weighted by atomic mass is 35.5. The van der Waals surface area contributed by atoms with Crippen molar-refractivity contribution in [1.29, 1.82) is 5.26 Å². The first-order chi connectivity index (χ1) is 9.78. The van der Waals surface area contributed by atoms with Crippen molar-refractivity contribution < 1.29 is 0 Å². The highest BCUT2D eigenvalue weighted by molar-refractivity contribution is 7.99. The molecule has 0 fully saturated rings. The molecule has 0 radical (unpaired) electrons. The topological polar surface area (TPSA) is 54.5 Å². The van der Waals surface area contributed by atoms with E-state index in [1.807, 2.05) is 12.1 Å². The number of hydrogen-bond donors (Lipinski definition) is 0. The van der Waals surface area contributed by atoms with Gasteiger partial charge in [-0.2, -0.15) is 5.26 Å². The van der Waals surface area contributed by atoms with Crippen molar-refractivity contribution in [3.63, 3.8) is 0 Å². The fraction of sp³-hybridized carbons (Fsp3) is 0.357. The van der Waals surface area contributed by atoms with Crippen LogP contribution in [0.1, 0.15) is 30.7 Å². The van der Waals surface area contributed by atoms with Crippen LogP contribution in [-0.2, 0) is 13.0 Å². The van der Waals surface area contributed by atoms with Crippen molar-refractivity contribution in [1.82, 2.24) is 14.8 Å². The minimum Gasteiger partial charge on any atom is -0.306 e. The van der Waals surface area contributed by atoms with Crippen molar-refractivity contribution in [2.24, 2.45) is 0 Å². The van der Waals surface area contributed by atoms with Crippen LogP contribution in [-0.4, -0.2) is 14.8 Å². The highest BCUT2D eigenvalue weighted by Crippen LogP contribution is 2.31. The molecule has 3 rings (SSSR count). The Morgan fingerprint density at radius 3 is 2.95 bits per heavy atom. The van der Waals surface area contributed by atoms with Crippen molar-refractivity contribution in [3.8, 4) is 6.07 Å². The molecule has 102 valence electrons. The lowest BCUT2D eigenvalue weighted by Gasteiger charge is -2.06. The third-order valence-corrected chi connectivity index (χ3v) is 4.63. The number of nitrogens with zero attached hydrogens (tertiary/aromatic N) is 4. The number of benzene rings is 1. The summed E-state index contributed by atoms with van der Waals surface area (Å²) in [5.41, 5.74) is 0.496. The standard InChI is InChI=1S/C14H13ClN4S/c15-12-8-11(6-5-10(12)9-16)20-14-18-17-13-4-2-1-3-7-19(13)14/h5-6,8H,1-4,7H2. The molecular formula is C14H13ClN4S. The third-order valence-electron chi connectivity index (χ3n) is 3.35. The van der Waals surface area contributed by atoms with Gasteiger partial charge in [0.1, 0.15) is 11.9 Å². The van der Waals surface area contributed by atoms with Crippen LogP contribution in [0, 0.1) is 11.3 Å². The van der Waals surface area contributed by atoms with E-state index in [4.69, 9.17) is 16.9 Å². The zero-order valence-corrected chi connectivity index (χ0v) is 12.4. The molecule has 1 aromatic carbocycles. The monoisotopic (exact) mass is 304 g/mol. The van der Waals surface area contributed by atoms with Gasteiger partial charge in [-0.1, -0.05) is 18.0 Å². The molecule has 1 aliphatic rings. The number of rotatable bonds is 2. The van der Waals surface area contributed by atoms with Crippen LogP contribution in [0.3, 0.4) is 0 Å². The SMILES string of the molecule is N#Cc1ccc(Sc2nnc3n2CCCCC3)cc1Cl. The van der Waals surface area contributed by atoms with Gasteiger partial charge in [0, 0.05) is 17.9 Å². The largest absolute Gasteiger partial charge is 0.306 e. The van der Waals surface area contributed by atoms with Crippen LogP contribution in [0.25, 0.3) is 0 Å². The van der Waals surface area contributed by atoms with Gasteiger partial charge in [-0.3, -0.25) is 0 Å². The second-order valence-electron chi connectivity index (χ2n) is 4.72. The molecule has 20 heavy (non-hydrogen) atoms. The van der Waals surface area contributed by atoms with Crippen LogP contribution in [0.15, 0.2) is 28.3 Å². The lowest BCUT2D eigenvalue weighted by Crippen LogP contribution is -2.02. The lowest BCUT2D eigenvalue weighted by molar-refractivity contribution is 0.591. The molecule has 0 N–H and O–H groups in total. The number of fused-ring (bicyclic) bond motifs is 1. The maximum atomic E-state index is 8.89. The molecule has 0 saturated heterocycles. The normalized spacial score (nSPS) is 14.4. The van der Waals surface area contributed by atoms with Gasteiger partial charge in [0.15, 0.2) is 5.16 Å². The molecule has 1 aromatic heterocycles. The number of halogens is 1. The minimum atomic E-state index is 0.480. The predicted octanol–water partition coefficient (Wildman–Crippen LogP) is 3.68. The Labute approximate surface area is 126 Å². The van der Waals surface area contributed by atoms with Crippen molar-refractivity contribution >= 4 is 23.4 Å². The maximum Gasteiger partial charge on any atom is 0.196 e. The Balaban J connectivity index is 1.87. The number of hydrogen-bond acceptors (Lipinski definition) is 4. The average molecular weight is 305 g/mol. The number of aryl methyl sites for hydroxylation is 1. The summed E-state index contributed by atoms with van der Waals surface area (Å²) in [6.45, 7) is 0.981. The smallest absolute Gasteiger partial charge is 0.196 e. The Morgan fingerprint density at radius 1 is 1.25 bits per heavy atom. The van der Waals surface area contributed by atoms with E-state index in [0.717, 1.165) is 28.8 Å². The number of aromatic nitrogens is 3. The van der Waals surface area contributed by atoms with Crippen LogP contribution in [0.5, 0.6) is 0 Å². The van der Waals surface area contributed by atoms with E-state index in [1.165, 1.54) is 19.3 Å². The van der Waals surface area contributed by atoms with Crippen LogP contribution in [0.2, 0.25) is 5.02 Å². The zero-order chi connectivity index (χ0) is 13.9. The van der Waals surface area contributed by atoms with Gasteiger partial charge in [0.25, 0.3) is 0 Å². The summed E-state index contributed by atoms with van der Waals surface area (Å²) in [4.78, 5) is 0.980. The molecule has 0 saturated carbocycles. The maximum absolute atomic E-state index is 8.89. The van der Waals surface area contributed by atoms with E-state index in [1.54, 1.807) is 17.8 Å². The van der Waals surface area contributed by atoms with E-state index in [-0.39, 0.29) is 0 Å². The van der Waals surface area contributed by atoms with Crippen LogP contribution in [0.4, 0.5) is 0 Å². The van der Waals surface area contributed by atoms with Gasteiger partial charge in [-0.05, 0) is 42.8 Å². The minimum absolute atomic E-state index is 0.480. The number of nitriles is 1. The van der Waals surface area contributed by atoms with Gasteiger partial charge in [0.05, 0.1) is 10.6 Å². The van der Waals surface area contributed by atoms with Gasteiger partial charge in [-0.25, -0.2) is 0 Å². The van der Waals surface area contributed by atoms with E-state index >= 15 is 0 Å². The Kier molecular flexibility index (Phi) is 3.95. The molecular weight excluding hydrogens is 292 g/mol. The summed E-state index contributed by atoms with van der Waals surface area (Å²) in [7, 11) is 0. The summed E-state index contributed by atoms with van der Waals surface area (Å²) < 4.78 is 2.20. The van der Waals surface area contributed by atoms with Gasteiger partial charge in [-0.15, -0.1) is 10.2 Å². The molecule has 0 bridgehead atoms. The zero-order valence-electron chi connectivity index (χ0n) is 10.8. The van der Waals surface area contributed by atoms with E-state index in [2.05, 4.69) is 20.8 Å². The second kappa shape index (κ2) is 5.86. The molecule has 2 heterocycles. The average Bonchev–Trinajstić information content (AvgIpc) is 2.68. The van der Waals surface area contributed by atoms with Gasteiger partial charge < -0.3 is 4.57 Å². The lowest BCUT2D eigenvalue weighted by atomic mass is 10.2. The molecule has 0 atom stereocenters. The fourth-order valence-electron chi connectivity index (χ4n) is 2.29. The van der Waals surface area contributed by atoms with Crippen molar-refractivity contribution in [2.75, 3.05) is 0 Å². The van der Waals surface area contributed by atoms with Crippen LogP contribution >= 0.6 is 23.4 Å². The molecule has 0 unspecified atom stereocenters. The van der Waals surface area contributed by atoms with Gasteiger partial charge in [0.2, 0.25) is 0 Å². The second-order valence-corrected chi connectivity index (χ2v) is 6.16. The first-order valence-electron chi connectivity index (χ1n) is 6.57. The van der Waals surface area contributed by atoms with Crippen molar-refractivity contribution in [3.05, 3.63) is 34.6 Å². The third kappa shape index (κ3) is 2.67. The highest BCUT2D eigenvalue weighted by Gasteiger charge is 2.15. The van der Waals surface area contributed by atoms with E-state index in [9.17, 15) is 0 Å². The first-order valence-corrected chi connectivity index (χ1v) is 7.77. The first kappa shape index (κ1) is 13.5. The summed E-state index contributed by atoms with van der Waals surface area (Å²) in [6.07, 6.45) is 4.61. The van der Waals surface area contributed by atoms with Crippen LogP contribution < -0.4 is 0 Å². The molecule has 1 aliphatic heterocycles. The Morgan fingerprint density at radius 2 is 2.15 bits per heavy atom. The molecule has 0 amide bonds. The van der Waals surface area contributed by atoms with Gasteiger partial charge >= 0.3 is 0 Å². The van der Waals surface area contributed by atoms with E-state index < -0.39 is 0 Å². The molecule has 0 spiro atoms.